The minimum atomic E-state index is -3.88. The molecule has 0 aliphatic carbocycles. The number of halogens is 1. The maximum absolute atomic E-state index is 13.5. The average molecular weight is 455 g/mol. The molecule has 0 atom stereocenters. The molecule has 32 heavy (non-hydrogen) atoms. The topological polar surface area (TPSA) is 132 Å². The first-order valence-electron chi connectivity index (χ1n) is 9.35. The Hall–Kier alpha value is -3.81. The normalized spacial score (nSPS) is 10.9. The minimum absolute atomic E-state index is 0.0469. The Morgan fingerprint density at radius 2 is 1.75 bits per heavy atom. The number of primary sulfonamides is 1. The van der Waals surface area contributed by atoms with Crippen molar-refractivity contribution in [3.63, 3.8) is 0 Å². The molecule has 0 fully saturated rings. The van der Waals surface area contributed by atoms with E-state index in [-0.39, 0.29) is 22.9 Å². The van der Waals surface area contributed by atoms with Crippen molar-refractivity contribution in [1.29, 1.82) is 5.26 Å². The first-order valence-corrected chi connectivity index (χ1v) is 10.9. The standard InChI is InChI=1S/C22H18FN3O5S/c1-2-30-20(27)13-31-22-16(12-24)11-19(14-5-9-18(10-6-14)32(25,28)29)21(26-22)15-3-7-17(23)8-4-15/h3-11H,2,13H2,1H3,(H2,25,28,29). The van der Waals surface area contributed by atoms with Crippen LogP contribution in [0.25, 0.3) is 22.4 Å². The van der Waals surface area contributed by atoms with Crippen LogP contribution in [0.3, 0.4) is 0 Å². The maximum Gasteiger partial charge on any atom is 0.344 e. The van der Waals surface area contributed by atoms with Crippen LogP contribution in [-0.2, 0) is 19.6 Å². The molecule has 0 saturated heterocycles. The van der Waals surface area contributed by atoms with E-state index in [1.165, 1.54) is 54.6 Å². The zero-order valence-corrected chi connectivity index (χ0v) is 17.7. The van der Waals surface area contributed by atoms with Gasteiger partial charge in [0.15, 0.2) is 6.61 Å². The van der Waals surface area contributed by atoms with E-state index in [0.717, 1.165) is 0 Å². The molecule has 0 aliphatic heterocycles. The average Bonchev–Trinajstić information content (AvgIpc) is 2.77. The van der Waals surface area contributed by atoms with Crippen molar-refractivity contribution < 1.29 is 27.1 Å². The van der Waals surface area contributed by atoms with Gasteiger partial charge in [-0.3, -0.25) is 0 Å². The highest BCUT2D eigenvalue weighted by atomic mass is 32.2. The second-order valence-corrected chi connectivity index (χ2v) is 8.08. The molecule has 2 N–H and O–H groups in total. The van der Waals surface area contributed by atoms with Gasteiger partial charge < -0.3 is 9.47 Å². The van der Waals surface area contributed by atoms with E-state index in [9.17, 15) is 22.9 Å². The summed E-state index contributed by atoms with van der Waals surface area (Å²) in [5.74, 6) is -1.16. The second-order valence-electron chi connectivity index (χ2n) is 6.52. The maximum atomic E-state index is 13.5. The predicted octanol–water partition coefficient (Wildman–Crippen LogP) is 3.02. The number of pyridine rings is 1. The SMILES string of the molecule is CCOC(=O)COc1nc(-c2ccc(F)cc2)c(-c2ccc(S(N)(=O)=O)cc2)cc1C#N. The number of benzene rings is 2. The van der Waals surface area contributed by atoms with E-state index >= 15 is 0 Å². The summed E-state index contributed by atoms with van der Waals surface area (Å²) >= 11 is 0. The van der Waals surface area contributed by atoms with Crippen molar-refractivity contribution in [2.24, 2.45) is 5.14 Å². The number of sulfonamides is 1. The molecule has 0 unspecified atom stereocenters. The Labute approximate surface area is 184 Å². The lowest BCUT2D eigenvalue weighted by molar-refractivity contribution is -0.145. The van der Waals surface area contributed by atoms with Gasteiger partial charge in [-0.15, -0.1) is 0 Å². The van der Waals surface area contributed by atoms with E-state index in [1.54, 1.807) is 6.92 Å². The van der Waals surface area contributed by atoms with Crippen LogP contribution in [0.15, 0.2) is 59.5 Å². The third-order valence-corrected chi connectivity index (χ3v) is 5.28. The molecule has 0 bridgehead atoms. The number of nitrogens with zero attached hydrogens (tertiary/aromatic N) is 2. The van der Waals surface area contributed by atoms with Crippen molar-refractivity contribution >= 4 is 16.0 Å². The van der Waals surface area contributed by atoms with Crippen LogP contribution in [-0.4, -0.2) is 32.6 Å². The molecule has 10 heteroatoms. The Bertz CT molecular complexity index is 1280. The van der Waals surface area contributed by atoms with Crippen molar-refractivity contribution in [3.05, 3.63) is 66.0 Å². The summed E-state index contributed by atoms with van der Waals surface area (Å²) in [5, 5.41) is 14.7. The van der Waals surface area contributed by atoms with Gasteiger partial charge in [0, 0.05) is 11.1 Å². The Morgan fingerprint density at radius 3 is 2.31 bits per heavy atom. The lowest BCUT2D eigenvalue weighted by Crippen LogP contribution is -2.16. The number of aromatic nitrogens is 1. The van der Waals surface area contributed by atoms with Crippen LogP contribution in [0.5, 0.6) is 5.88 Å². The number of carbonyl (C=O) groups excluding carboxylic acids is 1. The summed E-state index contributed by atoms with van der Waals surface area (Å²) < 4.78 is 46.8. The monoisotopic (exact) mass is 455 g/mol. The highest BCUT2D eigenvalue weighted by molar-refractivity contribution is 7.89. The largest absolute Gasteiger partial charge is 0.465 e. The lowest BCUT2D eigenvalue weighted by Gasteiger charge is -2.14. The van der Waals surface area contributed by atoms with Crippen LogP contribution < -0.4 is 9.88 Å². The quantitative estimate of drug-likeness (QED) is 0.542. The molecule has 3 rings (SSSR count). The van der Waals surface area contributed by atoms with Crippen molar-refractivity contribution in [2.75, 3.05) is 13.2 Å². The predicted molar refractivity (Wildman–Crippen MR) is 113 cm³/mol. The summed E-state index contributed by atoms with van der Waals surface area (Å²) in [6.45, 7) is 1.38. The van der Waals surface area contributed by atoms with Gasteiger partial charge in [-0.05, 0) is 55.0 Å². The van der Waals surface area contributed by atoms with Gasteiger partial charge in [-0.2, -0.15) is 5.26 Å². The summed E-state index contributed by atoms with van der Waals surface area (Å²) in [4.78, 5) is 16.0. The molecule has 164 valence electrons. The molecule has 1 aromatic heterocycles. The molecule has 0 radical (unpaired) electrons. The van der Waals surface area contributed by atoms with Gasteiger partial charge in [0.25, 0.3) is 0 Å². The number of hydrogen-bond acceptors (Lipinski definition) is 7. The molecule has 1 heterocycles. The van der Waals surface area contributed by atoms with E-state index in [4.69, 9.17) is 14.6 Å². The zero-order valence-electron chi connectivity index (χ0n) is 16.9. The number of ether oxygens (including phenoxy) is 2. The molecule has 0 amide bonds. The molecule has 3 aromatic rings. The van der Waals surface area contributed by atoms with Crippen LogP contribution in [0, 0.1) is 17.1 Å². The highest BCUT2D eigenvalue weighted by Gasteiger charge is 2.18. The first-order chi connectivity index (χ1) is 15.2. The van der Waals surface area contributed by atoms with E-state index in [1.807, 2.05) is 6.07 Å². The zero-order chi connectivity index (χ0) is 23.3. The molecule has 2 aromatic carbocycles. The number of hydrogen-bond donors (Lipinski definition) is 1. The van der Waals surface area contributed by atoms with Crippen molar-refractivity contribution in [1.82, 2.24) is 4.98 Å². The van der Waals surface area contributed by atoms with Crippen LogP contribution in [0.4, 0.5) is 4.39 Å². The smallest absolute Gasteiger partial charge is 0.344 e. The van der Waals surface area contributed by atoms with Gasteiger partial charge in [0.1, 0.15) is 17.4 Å². The summed E-state index contributed by atoms with van der Waals surface area (Å²) in [5.41, 5.74) is 1.91. The molecule has 0 saturated carbocycles. The summed E-state index contributed by atoms with van der Waals surface area (Å²) in [6, 6.07) is 14.7. The minimum Gasteiger partial charge on any atom is -0.465 e. The molecule has 0 spiro atoms. The fourth-order valence-electron chi connectivity index (χ4n) is 2.89. The molecular weight excluding hydrogens is 437 g/mol. The molecular formula is C22H18FN3O5S. The van der Waals surface area contributed by atoms with Gasteiger partial charge in [0.2, 0.25) is 15.9 Å². The van der Waals surface area contributed by atoms with Crippen LogP contribution in [0.1, 0.15) is 12.5 Å². The Kier molecular flexibility index (Phi) is 6.82. The number of esters is 1. The fourth-order valence-corrected chi connectivity index (χ4v) is 3.40. The summed E-state index contributed by atoms with van der Waals surface area (Å²) in [7, 11) is -3.88. The first kappa shape index (κ1) is 22.9. The molecule has 0 aliphatic rings. The Morgan fingerprint density at radius 1 is 1.12 bits per heavy atom. The highest BCUT2D eigenvalue weighted by Crippen LogP contribution is 2.35. The Balaban J connectivity index is 2.13. The van der Waals surface area contributed by atoms with Crippen molar-refractivity contribution in [2.45, 2.75) is 11.8 Å². The van der Waals surface area contributed by atoms with Gasteiger partial charge in [0.05, 0.1) is 17.2 Å². The van der Waals surface area contributed by atoms with Crippen LogP contribution >= 0.6 is 0 Å². The van der Waals surface area contributed by atoms with Gasteiger partial charge in [-0.25, -0.2) is 27.7 Å². The van der Waals surface area contributed by atoms with E-state index in [2.05, 4.69) is 4.98 Å². The van der Waals surface area contributed by atoms with Crippen LogP contribution in [0.2, 0.25) is 0 Å². The van der Waals surface area contributed by atoms with E-state index in [0.29, 0.717) is 22.4 Å². The van der Waals surface area contributed by atoms with E-state index < -0.39 is 28.4 Å². The number of nitrogens with two attached hydrogens (primary N) is 1. The summed E-state index contributed by atoms with van der Waals surface area (Å²) in [6.07, 6.45) is 0. The third kappa shape index (κ3) is 5.26. The van der Waals surface area contributed by atoms with Crippen molar-refractivity contribution in [3.8, 4) is 34.3 Å². The fraction of sp³-hybridized carbons (Fsp3) is 0.136. The third-order valence-electron chi connectivity index (χ3n) is 4.35. The molecule has 8 nitrogen and oxygen atoms in total. The van der Waals surface area contributed by atoms with Gasteiger partial charge >= 0.3 is 5.97 Å². The lowest BCUT2D eigenvalue weighted by atomic mass is 9.98. The number of nitriles is 1. The number of rotatable bonds is 7. The number of carbonyl (C=O) groups is 1. The second kappa shape index (κ2) is 9.55. The van der Waals surface area contributed by atoms with Gasteiger partial charge in [-0.1, -0.05) is 12.1 Å².